The lowest BCUT2D eigenvalue weighted by atomic mass is 10.2. The monoisotopic (exact) mass is 269 g/mol. The summed E-state index contributed by atoms with van der Waals surface area (Å²) in [6.07, 6.45) is 1.79. The molecule has 0 saturated carbocycles. The third-order valence-electron chi connectivity index (χ3n) is 2.73. The van der Waals surface area contributed by atoms with E-state index in [0.29, 0.717) is 18.9 Å². The number of benzene rings is 1. The fourth-order valence-corrected chi connectivity index (χ4v) is 1.77. The minimum atomic E-state index is 0.544. The van der Waals surface area contributed by atoms with Gasteiger partial charge in [-0.2, -0.15) is 0 Å². The van der Waals surface area contributed by atoms with Crippen molar-refractivity contribution in [3.05, 3.63) is 54.4 Å². The highest BCUT2D eigenvalue weighted by Crippen LogP contribution is 2.17. The van der Waals surface area contributed by atoms with Crippen molar-refractivity contribution in [1.82, 2.24) is 9.97 Å². The van der Waals surface area contributed by atoms with Crippen molar-refractivity contribution in [2.75, 3.05) is 17.2 Å². The van der Waals surface area contributed by atoms with Gasteiger partial charge < -0.3 is 16.4 Å². The van der Waals surface area contributed by atoms with Gasteiger partial charge in [-0.05, 0) is 24.6 Å². The van der Waals surface area contributed by atoms with Crippen molar-refractivity contribution in [3.8, 4) is 0 Å². The van der Waals surface area contributed by atoms with E-state index in [0.717, 1.165) is 22.9 Å². The summed E-state index contributed by atoms with van der Waals surface area (Å²) < 4.78 is 0. The van der Waals surface area contributed by atoms with Gasteiger partial charge in [0, 0.05) is 24.8 Å². The maximum atomic E-state index is 5.58. The van der Waals surface area contributed by atoms with Crippen molar-refractivity contribution < 1.29 is 0 Å². The number of aromatic nitrogens is 2. The van der Waals surface area contributed by atoms with Crippen molar-refractivity contribution in [2.24, 2.45) is 5.73 Å². The molecule has 1 heterocycles. The third-order valence-corrected chi connectivity index (χ3v) is 2.73. The second-order valence-corrected chi connectivity index (χ2v) is 4.38. The Hall–Kier alpha value is -2.40. The standard InChI is InChI=1S/C15H19N5/c1-3-8-17-14-9-15(19-11(2)18-14)20-13-6-4-12(10-16)5-7-13/h3-7,9H,1,8,10,16H2,2H3,(H2,17,18,19,20). The summed E-state index contributed by atoms with van der Waals surface area (Å²) in [5, 5.41) is 6.41. The molecule has 2 rings (SSSR count). The van der Waals surface area contributed by atoms with E-state index in [9.17, 15) is 0 Å². The van der Waals surface area contributed by atoms with Gasteiger partial charge in [0.1, 0.15) is 17.5 Å². The quantitative estimate of drug-likeness (QED) is 0.703. The number of hydrogen-bond acceptors (Lipinski definition) is 5. The number of nitrogens with two attached hydrogens (primary N) is 1. The summed E-state index contributed by atoms with van der Waals surface area (Å²) >= 11 is 0. The first-order valence-electron chi connectivity index (χ1n) is 6.47. The first-order chi connectivity index (χ1) is 9.71. The average Bonchev–Trinajstić information content (AvgIpc) is 2.45. The van der Waals surface area contributed by atoms with Crippen LogP contribution in [0.4, 0.5) is 17.3 Å². The largest absolute Gasteiger partial charge is 0.366 e. The predicted molar refractivity (Wildman–Crippen MR) is 83.1 cm³/mol. The molecule has 5 nitrogen and oxygen atoms in total. The van der Waals surface area contributed by atoms with Gasteiger partial charge in [0.05, 0.1) is 0 Å². The molecule has 2 aromatic rings. The molecule has 0 unspecified atom stereocenters. The van der Waals surface area contributed by atoms with Crippen LogP contribution in [0.1, 0.15) is 11.4 Å². The van der Waals surface area contributed by atoms with Crippen LogP contribution < -0.4 is 16.4 Å². The Bertz CT molecular complexity index is 577. The lowest BCUT2D eigenvalue weighted by Gasteiger charge is -2.09. The number of hydrogen-bond donors (Lipinski definition) is 3. The first-order valence-corrected chi connectivity index (χ1v) is 6.47. The van der Waals surface area contributed by atoms with Crippen LogP contribution in [-0.4, -0.2) is 16.5 Å². The predicted octanol–water partition coefficient (Wildman–Crippen LogP) is 2.59. The molecule has 5 heteroatoms. The molecule has 0 spiro atoms. The van der Waals surface area contributed by atoms with E-state index >= 15 is 0 Å². The van der Waals surface area contributed by atoms with Crippen LogP contribution in [0, 0.1) is 6.92 Å². The molecule has 4 N–H and O–H groups in total. The molecule has 0 atom stereocenters. The summed E-state index contributed by atoms with van der Waals surface area (Å²) in [6, 6.07) is 9.82. The van der Waals surface area contributed by atoms with E-state index in [4.69, 9.17) is 5.73 Å². The first kappa shape index (κ1) is 14.0. The van der Waals surface area contributed by atoms with E-state index in [1.165, 1.54) is 0 Å². The van der Waals surface area contributed by atoms with Crippen molar-refractivity contribution in [3.63, 3.8) is 0 Å². The summed E-state index contributed by atoms with van der Waals surface area (Å²) in [6.45, 7) is 6.75. The summed E-state index contributed by atoms with van der Waals surface area (Å²) in [4.78, 5) is 8.68. The molecule has 0 aliphatic carbocycles. The lowest BCUT2D eigenvalue weighted by Crippen LogP contribution is -2.04. The van der Waals surface area contributed by atoms with E-state index in [1.807, 2.05) is 37.3 Å². The fraction of sp³-hybridized carbons (Fsp3) is 0.200. The van der Waals surface area contributed by atoms with Gasteiger partial charge in [0.2, 0.25) is 0 Å². The Morgan fingerprint density at radius 1 is 1.20 bits per heavy atom. The maximum absolute atomic E-state index is 5.58. The van der Waals surface area contributed by atoms with Gasteiger partial charge in [-0.1, -0.05) is 18.2 Å². The van der Waals surface area contributed by atoms with Gasteiger partial charge in [0.25, 0.3) is 0 Å². The Balaban J connectivity index is 2.14. The van der Waals surface area contributed by atoms with Crippen LogP contribution in [0.3, 0.4) is 0 Å². The molecule has 0 fully saturated rings. The second-order valence-electron chi connectivity index (χ2n) is 4.38. The molecule has 0 aliphatic heterocycles. The normalized spacial score (nSPS) is 10.1. The summed E-state index contributed by atoms with van der Waals surface area (Å²) in [5.41, 5.74) is 7.65. The SMILES string of the molecule is C=CCNc1cc(Nc2ccc(CN)cc2)nc(C)n1. The van der Waals surface area contributed by atoms with Crippen molar-refractivity contribution >= 4 is 17.3 Å². The summed E-state index contributed by atoms with van der Waals surface area (Å²) in [7, 11) is 0. The van der Waals surface area contributed by atoms with E-state index in [1.54, 1.807) is 6.08 Å². The zero-order valence-electron chi connectivity index (χ0n) is 11.6. The van der Waals surface area contributed by atoms with Crippen molar-refractivity contribution in [2.45, 2.75) is 13.5 Å². The summed E-state index contributed by atoms with van der Waals surface area (Å²) in [5.74, 6) is 2.24. The molecular formula is C15H19N5. The zero-order valence-corrected chi connectivity index (χ0v) is 11.6. The number of rotatable bonds is 6. The van der Waals surface area contributed by atoms with Crippen LogP contribution in [0.25, 0.3) is 0 Å². The molecule has 0 radical (unpaired) electrons. The van der Waals surface area contributed by atoms with E-state index in [2.05, 4.69) is 27.2 Å². The van der Waals surface area contributed by atoms with E-state index in [-0.39, 0.29) is 0 Å². The fourth-order valence-electron chi connectivity index (χ4n) is 1.77. The van der Waals surface area contributed by atoms with Crippen LogP contribution in [0.15, 0.2) is 43.0 Å². The minimum Gasteiger partial charge on any atom is -0.366 e. The smallest absolute Gasteiger partial charge is 0.136 e. The molecule has 20 heavy (non-hydrogen) atoms. The van der Waals surface area contributed by atoms with E-state index < -0.39 is 0 Å². The molecule has 1 aromatic carbocycles. The second kappa shape index (κ2) is 6.68. The Morgan fingerprint density at radius 2 is 1.90 bits per heavy atom. The lowest BCUT2D eigenvalue weighted by molar-refractivity contribution is 1.05. The molecule has 0 amide bonds. The minimum absolute atomic E-state index is 0.544. The maximum Gasteiger partial charge on any atom is 0.136 e. The van der Waals surface area contributed by atoms with Crippen LogP contribution in [0.5, 0.6) is 0 Å². The molecule has 104 valence electrons. The van der Waals surface area contributed by atoms with Crippen molar-refractivity contribution in [1.29, 1.82) is 0 Å². The molecular weight excluding hydrogens is 250 g/mol. The third kappa shape index (κ3) is 3.80. The average molecular weight is 269 g/mol. The Morgan fingerprint density at radius 3 is 2.55 bits per heavy atom. The van der Waals surface area contributed by atoms with Crippen LogP contribution >= 0.6 is 0 Å². The van der Waals surface area contributed by atoms with Gasteiger partial charge in [0.15, 0.2) is 0 Å². The van der Waals surface area contributed by atoms with Gasteiger partial charge in [-0.25, -0.2) is 9.97 Å². The number of nitrogens with zero attached hydrogens (tertiary/aromatic N) is 2. The molecule has 0 saturated heterocycles. The van der Waals surface area contributed by atoms with Crippen LogP contribution in [-0.2, 0) is 6.54 Å². The topological polar surface area (TPSA) is 75.9 Å². The Kier molecular flexibility index (Phi) is 4.68. The van der Waals surface area contributed by atoms with Gasteiger partial charge >= 0.3 is 0 Å². The number of nitrogens with one attached hydrogen (secondary N) is 2. The molecule has 1 aromatic heterocycles. The number of aryl methyl sites for hydroxylation is 1. The number of anilines is 3. The highest BCUT2D eigenvalue weighted by Gasteiger charge is 2.02. The molecule has 0 aliphatic rings. The van der Waals surface area contributed by atoms with Crippen LogP contribution in [0.2, 0.25) is 0 Å². The highest BCUT2D eigenvalue weighted by molar-refractivity contribution is 5.59. The van der Waals surface area contributed by atoms with Gasteiger partial charge in [-0.15, -0.1) is 6.58 Å². The zero-order chi connectivity index (χ0) is 14.4. The highest BCUT2D eigenvalue weighted by atomic mass is 15.1. The molecule has 0 bridgehead atoms. The Labute approximate surface area is 119 Å². The van der Waals surface area contributed by atoms with Gasteiger partial charge in [-0.3, -0.25) is 0 Å².